The first-order valence-electron chi connectivity index (χ1n) is 13.0. The highest BCUT2D eigenvalue weighted by molar-refractivity contribution is 6.12. The molecule has 0 atom stereocenters. The van der Waals surface area contributed by atoms with E-state index in [4.69, 9.17) is 21.5 Å². The molecule has 0 aliphatic rings. The number of hydrogen-bond donors (Lipinski definition) is 0. The third kappa shape index (κ3) is 3.48. The Morgan fingerprint density at radius 1 is 0.525 bits per heavy atom. The van der Waals surface area contributed by atoms with Crippen LogP contribution < -0.4 is 0 Å². The van der Waals surface area contributed by atoms with Crippen LogP contribution in [0.4, 0.5) is 5.69 Å². The zero-order chi connectivity index (χ0) is 26.6. The lowest BCUT2D eigenvalue weighted by Crippen LogP contribution is -1.91. The molecule has 5 nitrogen and oxygen atoms in total. The van der Waals surface area contributed by atoms with Crippen LogP contribution >= 0.6 is 0 Å². The minimum Gasteiger partial charge on any atom is -0.254 e. The first kappa shape index (κ1) is 22.3. The van der Waals surface area contributed by atoms with E-state index in [-0.39, 0.29) is 0 Å². The minimum atomic E-state index is 0.582. The second-order valence-corrected chi connectivity index (χ2v) is 9.86. The molecule has 40 heavy (non-hydrogen) atoms. The Bertz CT molecular complexity index is 2330. The summed E-state index contributed by atoms with van der Waals surface area (Å²) >= 11 is 0. The lowest BCUT2D eigenvalue weighted by atomic mass is 9.96. The molecule has 5 heteroatoms. The fraction of sp³-hybridized carbons (Fsp3) is 0. The van der Waals surface area contributed by atoms with E-state index >= 15 is 0 Å². The Morgan fingerprint density at radius 2 is 1.23 bits per heavy atom. The van der Waals surface area contributed by atoms with Gasteiger partial charge in [-0.05, 0) is 52.9 Å². The van der Waals surface area contributed by atoms with Crippen LogP contribution in [0.5, 0.6) is 0 Å². The second kappa shape index (κ2) is 8.65. The monoisotopic (exact) mass is 509 g/mol. The highest BCUT2D eigenvalue weighted by Gasteiger charge is 2.13. The molecule has 0 bridgehead atoms. The fourth-order valence-electron chi connectivity index (χ4n) is 5.53. The van der Waals surface area contributed by atoms with Gasteiger partial charge in [-0.2, -0.15) is 0 Å². The predicted octanol–water partition coefficient (Wildman–Crippen LogP) is 8.92. The summed E-state index contributed by atoms with van der Waals surface area (Å²) in [4.78, 5) is 22.8. The fourth-order valence-corrected chi connectivity index (χ4v) is 5.53. The SMILES string of the molecule is [C-]#[N+]c1ccc2cc3cc(-c4ccc(-c5ccc6ccc7cccnc7c6n5)cc4)c4cccnc4c3nc2c1. The van der Waals surface area contributed by atoms with Gasteiger partial charge in [0.1, 0.15) is 0 Å². The summed E-state index contributed by atoms with van der Waals surface area (Å²) < 4.78 is 0. The first-order valence-corrected chi connectivity index (χ1v) is 13.0. The van der Waals surface area contributed by atoms with Gasteiger partial charge in [-0.1, -0.05) is 66.7 Å². The standard InChI is InChI=1S/C35H19N5/c1-36-27-14-12-25-18-26-19-29(28-5-3-17-38-35(28)34(26)40-31(25)20-27)21-6-8-22(9-7-21)30-15-13-24-11-10-23-4-2-16-37-32(23)33(24)39-30/h2-20H. The molecule has 4 heterocycles. The molecule has 0 saturated heterocycles. The van der Waals surface area contributed by atoms with Crippen molar-refractivity contribution in [2.75, 3.05) is 0 Å². The van der Waals surface area contributed by atoms with Crippen molar-refractivity contribution < 1.29 is 0 Å². The molecule has 0 spiro atoms. The van der Waals surface area contributed by atoms with Crippen molar-refractivity contribution >= 4 is 60.2 Å². The topological polar surface area (TPSA) is 55.9 Å². The summed E-state index contributed by atoms with van der Waals surface area (Å²) in [5.41, 5.74) is 9.06. The van der Waals surface area contributed by atoms with E-state index in [2.05, 4.69) is 82.6 Å². The second-order valence-electron chi connectivity index (χ2n) is 9.86. The van der Waals surface area contributed by atoms with Gasteiger partial charge in [0.2, 0.25) is 0 Å². The number of hydrogen-bond acceptors (Lipinski definition) is 4. The molecule has 0 saturated carbocycles. The van der Waals surface area contributed by atoms with Crippen LogP contribution in [0.2, 0.25) is 0 Å². The van der Waals surface area contributed by atoms with Crippen molar-refractivity contribution in [2.45, 2.75) is 0 Å². The smallest absolute Gasteiger partial charge is 0.189 e. The molecule has 0 fully saturated rings. The van der Waals surface area contributed by atoms with Crippen molar-refractivity contribution in [3.8, 4) is 22.4 Å². The van der Waals surface area contributed by atoms with E-state index in [1.165, 1.54) is 0 Å². The van der Waals surface area contributed by atoms with Crippen LogP contribution in [0.25, 0.3) is 81.7 Å². The number of nitrogens with zero attached hydrogens (tertiary/aromatic N) is 5. The minimum absolute atomic E-state index is 0.582. The summed E-state index contributed by atoms with van der Waals surface area (Å²) in [5, 5.41) is 5.22. The average molecular weight is 510 g/mol. The molecule has 0 radical (unpaired) electrons. The molecular formula is C35H19N5. The number of pyridine rings is 4. The van der Waals surface area contributed by atoms with Gasteiger partial charge in [0.15, 0.2) is 5.69 Å². The predicted molar refractivity (Wildman–Crippen MR) is 162 cm³/mol. The van der Waals surface area contributed by atoms with E-state index in [1.807, 2.05) is 36.5 Å². The molecule has 0 N–H and O–H groups in total. The number of benzene rings is 4. The molecule has 4 aromatic heterocycles. The zero-order valence-corrected chi connectivity index (χ0v) is 21.2. The summed E-state index contributed by atoms with van der Waals surface area (Å²) in [6, 6.07) is 34.9. The van der Waals surface area contributed by atoms with Crippen LogP contribution in [-0.4, -0.2) is 19.9 Å². The zero-order valence-electron chi connectivity index (χ0n) is 21.2. The molecule has 184 valence electrons. The van der Waals surface area contributed by atoms with Gasteiger partial charge >= 0.3 is 0 Å². The quantitative estimate of drug-likeness (QED) is 0.133. The van der Waals surface area contributed by atoms with E-state index in [9.17, 15) is 0 Å². The van der Waals surface area contributed by atoms with Gasteiger partial charge < -0.3 is 0 Å². The Hall–Kier alpha value is -5.73. The van der Waals surface area contributed by atoms with Gasteiger partial charge in [0, 0.05) is 39.5 Å². The molecule has 0 unspecified atom stereocenters. The molecule has 4 aromatic carbocycles. The van der Waals surface area contributed by atoms with Crippen molar-refractivity contribution in [3.05, 3.63) is 127 Å². The normalized spacial score (nSPS) is 11.5. The third-order valence-corrected chi connectivity index (χ3v) is 7.51. The third-order valence-electron chi connectivity index (χ3n) is 7.51. The first-order chi connectivity index (χ1) is 19.7. The van der Waals surface area contributed by atoms with Crippen LogP contribution in [0, 0.1) is 6.57 Å². The molecule has 0 aliphatic carbocycles. The lowest BCUT2D eigenvalue weighted by Gasteiger charge is -2.12. The Balaban J connectivity index is 1.27. The van der Waals surface area contributed by atoms with E-state index in [0.717, 1.165) is 76.9 Å². The molecule has 8 rings (SSSR count). The summed E-state index contributed by atoms with van der Waals surface area (Å²) in [5.74, 6) is 0. The number of rotatable bonds is 2. The largest absolute Gasteiger partial charge is 0.254 e. The van der Waals surface area contributed by atoms with Gasteiger partial charge in [-0.3, -0.25) is 9.97 Å². The molecule has 0 aliphatic heterocycles. The summed E-state index contributed by atoms with van der Waals surface area (Å²) in [6.07, 6.45) is 3.62. The Morgan fingerprint density at radius 3 is 2.08 bits per heavy atom. The van der Waals surface area contributed by atoms with E-state index in [0.29, 0.717) is 5.69 Å². The van der Waals surface area contributed by atoms with Crippen molar-refractivity contribution in [2.24, 2.45) is 0 Å². The van der Waals surface area contributed by atoms with Crippen molar-refractivity contribution in [1.29, 1.82) is 0 Å². The lowest BCUT2D eigenvalue weighted by molar-refractivity contribution is 1.37. The maximum absolute atomic E-state index is 7.35. The van der Waals surface area contributed by atoms with E-state index < -0.39 is 0 Å². The van der Waals surface area contributed by atoms with Crippen LogP contribution in [0.3, 0.4) is 0 Å². The molecular weight excluding hydrogens is 490 g/mol. The highest BCUT2D eigenvalue weighted by atomic mass is 14.8. The van der Waals surface area contributed by atoms with Crippen LogP contribution in [-0.2, 0) is 0 Å². The maximum Gasteiger partial charge on any atom is 0.189 e. The van der Waals surface area contributed by atoms with Gasteiger partial charge in [0.05, 0.1) is 39.8 Å². The number of fused-ring (bicyclic) bond motifs is 7. The Kier molecular flexibility index (Phi) is 4.82. The maximum atomic E-state index is 7.35. The van der Waals surface area contributed by atoms with Gasteiger partial charge in [-0.25, -0.2) is 14.8 Å². The summed E-state index contributed by atoms with van der Waals surface area (Å²) in [7, 11) is 0. The van der Waals surface area contributed by atoms with E-state index in [1.54, 1.807) is 6.20 Å². The van der Waals surface area contributed by atoms with Gasteiger partial charge in [0.25, 0.3) is 0 Å². The van der Waals surface area contributed by atoms with Crippen molar-refractivity contribution in [3.63, 3.8) is 0 Å². The number of aromatic nitrogens is 4. The van der Waals surface area contributed by atoms with Gasteiger partial charge in [-0.15, -0.1) is 0 Å². The average Bonchev–Trinajstić information content (AvgIpc) is 3.03. The summed E-state index contributed by atoms with van der Waals surface area (Å²) in [6.45, 7) is 7.35. The van der Waals surface area contributed by atoms with Crippen molar-refractivity contribution in [1.82, 2.24) is 19.9 Å². The Labute approximate surface area is 229 Å². The molecule has 0 amide bonds. The highest BCUT2D eigenvalue weighted by Crippen LogP contribution is 2.36. The van der Waals surface area contributed by atoms with Crippen LogP contribution in [0.15, 0.2) is 116 Å². The molecule has 8 aromatic rings. The van der Waals surface area contributed by atoms with Crippen LogP contribution in [0.1, 0.15) is 0 Å².